The van der Waals surface area contributed by atoms with Gasteiger partial charge in [0.2, 0.25) is 0 Å². The molecule has 10 heteroatoms. The maximum Gasteiger partial charge on any atom is 0.256 e. The highest BCUT2D eigenvalue weighted by atomic mass is 35.5. The number of benzene rings is 2. The molecule has 2 aromatic rings. The maximum absolute atomic E-state index is 13.0. The second kappa shape index (κ2) is 9.48. The van der Waals surface area contributed by atoms with E-state index in [1.807, 2.05) is 0 Å². The van der Waals surface area contributed by atoms with Crippen LogP contribution < -0.4 is 15.5 Å². The van der Waals surface area contributed by atoms with Gasteiger partial charge < -0.3 is 29.7 Å². The number of anilines is 3. The van der Waals surface area contributed by atoms with Crippen LogP contribution in [0.3, 0.4) is 0 Å². The van der Waals surface area contributed by atoms with Crippen molar-refractivity contribution in [3.8, 4) is 0 Å². The van der Waals surface area contributed by atoms with Gasteiger partial charge in [0.1, 0.15) is 6.61 Å². The predicted molar refractivity (Wildman–Crippen MR) is 122 cm³/mol. The summed E-state index contributed by atoms with van der Waals surface area (Å²) in [6, 6.07) is 13.4. The van der Waals surface area contributed by atoms with E-state index in [1.54, 1.807) is 67.3 Å². The molecule has 2 saturated heterocycles. The van der Waals surface area contributed by atoms with Crippen LogP contribution in [0.2, 0.25) is 5.02 Å². The van der Waals surface area contributed by atoms with Crippen LogP contribution in [-0.4, -0.2) is 55.5 Å². The Hall–Kier alpha value is -2.98. The van der Waals surface area contributed by atoms with E-state index in [1.165, 1.54) is 0 Å². The number of halogens is 1. The average Bonchev–Trinajstić information content (AvgIpc) is 3.12. The molecule has 0 aromatic heterocycles. The Morgan fingerprint density at radius 1 is 0.939 bits per heavy atom. The van der Waals surface area contributed by atoms with Crippen LogP contribution in [0, 0.1) is 0 Å². The van der Waals surface area contributed by atoms with E-state index < -0.39 is 29.8 Å². The number of hydrogen-bond acceptors (Lipinski definition) is 6. The van der Waals surface area contributed by atoms with Gasteiger partial charge >= 0.3 is 0 Å². The molecule has 2 atom stereocenters. The summed E-state index contributed by atoms with van der Waals surface area (Å²) in [7, 11) is 0. The Kier molecular flexibility index (Phi) is 6.66. The molecule has 174 valence electrons. The average molecular weight is 474 g/mol. The van der Waals surface area contributed by atoms with Gasteiger partial charge in [0.05, 0.1) is 6.61 Å². The fraction of sp³-hybridized carbons (Fsp3) is 0.348. The molecular weight excluding hydrogens is 450 g/mol. The number of carbonyl (C=O) groups excluding carboxylic acids is 3. The predicted octanol–water partition coefficient (Wildman–Crippen LogP) is 2.80. The molecule has 9 nitrogen and oxygen atoms in total. The molecule has 0 spiro atoms. The number of rotatable bonds is 5. The largest absolute Gasteiger partial charge is 0.370 e. The molecule has 2 aromatic carbocycles. The Bertz CT molecular complexity index is 1040. The van der Waals surface area contributed by atoms with E-state index >= 15 is 0 Å². The van der Waals surface area contributed by atoms with Crippen molar-refractivity contribution >= 4 is 46.4 Å². The first kappa shape index (κ1) is 23.2. The van der Waals surface area contributed by atoms with Crippen molar-refractivity contribution in [1.29, 1.82) is 0 Å². The molecule has 2 heterocycles. The topological polar surface area (TPSA) is 106 Å². The van der Waals surface area contributed by atoms with Gasteiger partial charge in [-0.15, -0.1) is 0 Å². The summed E-state index contributed by atoms with van der Waals surface area (Å²) in [5.74, 6) is -2.27. The van der Waals surface area contributed by atoms with E-state index in [2.05, 4.69) is 10.6 Å². The van der Waals surface area contributed by atoms with Gasteiger partial charge in [-0.2, -0.15) is 0 Å². The molecule has 2 aliphatic rings. The lowest BCUT2D eigenvalue weighted by molar-refractivity contribution is -0.156. The Balaban J connectivity index is 1.43. The highest BCUT2D eigenvalue weighted by molar-refractivity contribution is 6.30. The number of amides is 3. The second-order valence-corrected chi connectivity index (χ2v) is 8.54. The van der Waals surface area contributed by atoms with Gasteiger partial charge in [0.25, 0.3) is 17.7 Å². The summed E-state index contributed by atoms with van der Waals surface area (Å²) in [6.45, 7) is 4.26. The first-order valence-electron chi connectivity index (χ1n) is 10.4. The monoisotopic (exact) mass is 473 g/mol. The Morgan fingerprint density at radius 3 is 1.97 bits per heavy atom. The molecule has 0 saturated carbocycles. The normalized spacial score (nSPS) is 22.2. The van der Waals surface area contributed by atoms with Crippen LogP contribution in [0.5, 0.6) is 0 Å². The van der Waals surface area contributed by atoms with Gasteiger partial charge in [-0.05, 0) is 62.4 Å². The maximum atomic E-state index is 13.0. The first-order valence-corrected chi connectivity index (χ1v) is 10.8. The van der Waals surface area contributed by atoms with Crippen LogP contribution in [0.4, 0.5) is 17.1 Å². The fourth-order valence-corrected chi connectivity index (χ4v) is 3.75. The van der Waals surface area contributed by atoms with Crippen LogP contribution in [-0.2, 0) is 28.6 Å². The fourth-order valence-electron chi connectivity index (χ4n) is 3.62. The van der Waals surface area contributed by atoms with Crippen molar-refractivity contribution in [3.63, 3.8) is 0 Å². The number of nitrogens with zero attached hydrogens (tertiary/aromatic N) is 1. The molecule has 2 aliphatic heterocycles. The summed E-state index contributed by atoms with van der Waals surface area (Å²) in [5.41, 5.74) is 1.72. The van der Waals surface area contributed by atoms with Gasteiger partial charge in [-0.25, -0.2) is 0 Å². The summed E-state index contributed by atoms with van der Waals surface area (Å²) in [5, 5.41) is 6.00. The molecule has 3 amide bonds. The molecule has 2 fully saturated rings. The zero-order chi connectivity index (χ0) is 23.6. The van der Waals surface area contributed by atoms with Crippen molar-refractivity contribution < 1.29 is 28.6 Å². The lowest BCUT2D eigenvalue weighted by Crippen LogP contribution is -2.43. The highest BCUT2D eigenvalue weighted by Crippen LogP contribution is 2.30. The lowest BCUT2D eigenvalue weighted by Gasteiger charge is -2.27. The number of morpholine rings is 1. The number of carbonyl (C=O) groups is 3. The third-order valence-electron chi connectivity index (χ3n) is 5.16. The lowest BCUT2D eigenvalue weighted by atomic mass is 10.1. The molecule has 0 bridgehead atoms. The van der Waals surface area contributed by atoms with Crippen LogP contribution >= 0.6 is 11.6 Å². The highest BCUT2D eigenvalue weighted by Gasteiger charge is 2.49. The third kappa shape index (κ3) is 5.51. The zero-order valence-electron chi connectivity index (χ0n) is 18.2. The van der Waals surface area contributed by atoms with E-state index in [4.69, 9.17) is 25.8 Å². The minimum Gasteiger partial charge on any atom is -0.370 e. The summed E-state index contributed by atoms with van der Waals surface area (Å²) in [6.07, 6.45) is -2.31. The standard InChI is InChI=1S/C23H24ClN3O6/c1-23(2)32-19(21(29)25-15-5-3-14(24)4-6-15)20(33-23)22(30)26-16-7-9-17(10-8-16)27-11-12-31-13-18(27)28/h3-10,19-20H,11-13H2,1-2H3,(H,25,29)(H,26,30). The Morgan fingerprint density at radius 2 is 1.45 bits per heavy atom. The summed E-state index contributed by atoms with van der Waals surface area (Å²) in [4.78, 5) is 39.4. The molecule has 33 heavy (non-hydrogen) atoms. The van der Waals surface area contributed by atoms with Crippen LogP contribution in [0.25, 0.3) is 0 Å². The minimum absolute atomic E-state index is 0.0484. The number of hydrogen-bond donors (Lipinski definition) is 2. The van der Waals surface area contributed by atoms with Crippen molar-refractivity contribution in [2.24, 2.45) is 0 Å². The van der Waals surface area contributed by atoms with Gasteiger partial charge in [-0.3, -0.25) is 14.4 Å². The molecular formula is C23H24ClN3O6. The van der Waals surface area contributed by atoms with E-state index in [0.29, 0.717) is 35.2 Å². The Labute approximate surface area is 195 Å². The molecule has 0 aliphatic carbocycles. The third-order valence-corrected chi connectivity index (χ3v) is 5.41. The van der Waals surface area contributed by atoms with E-state index in [0.717, 1.165) is 0 Å². The van der Waals surface area contributed by atoms with E-state index in [-0.39, 0.29) is 12.5 Å². The van der Waals surface area contributed by atoms with E-state index in [9.17, 15) is 14.4 Å². The van der Waals surface area contributed by atoms with Crippen molar-refractivity contribution in [3.05, 3.63) is 53.6 Å². The van der Waals surface area contributed by atoms with Crippen molar-refractivity contribution in [2.45, 2.75) is 31.8 Å². The quantitative estimate of drug-likeness (QED) is 0.691. The molecule has 0 radical (unpaired) electrons. The minimum atomic E-state index is -1.16. The van der Waals surface area contributed by atoms with Crippen LogP contribution in [0.15, 0.2) is 48.5 Å². The summed E-state index contributed by atoms with van der Waals surface area (Å²) >= 11 is 5.88. The van der Waals surface area contributed by atoms with Gasteiger partial charge in [0, 0.05) is 28.6 Å². The van der Waals surface area contributed by atoms with Crippen molar-refractivity contribution in [1.82, 2.24) is 0 Å². The van der Waals surface area contributed by atoms with Crippen molar-refractivity contribution in [2.75, 3.05) is 35.3 Å². The van der Waals surface area contributed by atoms with Gasteiger partial charge in [0.15, 0.2) is 18.0 Å². The second-order valence-electron chi connectivity index (χ2n) is 8.11. The number of ether oxygens (including phenoxy) is 3. The smallest absolute Gasteiger partial charge is 0.256 e. The SMILES string of the molecule is CC1(C)OC(C(=O)Nc2ccc(Cl)cc2)C(C(=O)Nc2ccc(N3CCOCC3=O)cc2)O1. The first-order chi connectivity index (χ1) is 15.7. The van der Waals surface area contributed by atoms with Gasteiger partial charge in [-0.1, -0.05) is 11.6 Å². The molecule has 2 unspecified atom stereocenters. The molecule has 4 rings (SSSR count). The number of nitrogens with one attached hydrogen (secondary N) is 2. The molecule has 2 N–H and O–H groups in total. The van der Waals surface area contributed by atoms with Crippen LogP contribution in [0.1, 0.15) is 13.8 Å². The zero-order valence-corrected chi connectivity index (χ0v) is 18.9. The summed E-state index contributed by atoms with van der Waals surface area (Å²) < 4.78 is 16.6.